The zero-order valence-corrected chi connectivity index (χ0v) is 19.2. The Morgan fingerprint density at radius 2 is 2.06 bits per heavy atom. The number of rotatable bonds is 3. The number of urea groups is 1. The number of nitrogens with one attached hydrogen (secondary N) is 1. The van der Waals surface area contributed by atoms with Gasteiger partial charge in [-0.3, -0.25) is 5.32 Å². The van der Waals surface area contributed by atoms with Crippen LogP contribution in [-0.4, -0.2) is 51.2 Å². The molecule has 0 radical (unpaired) electrons. The second-order valence-electron chi connectivity index (χ2n) is 8.65. The van der Waals surface area contributed by atoms with Gasteiger partial charge in [-0.15, -0.1) is 0 Å². The number of anilines is 1. The van der Waals surface area contributed by atoms with Crippen LogP contribution in [-0.2, 0) is 4.74 Å². The van der Waals surface area contributed by atoms with Crippen LogP contribution in [0.15, 0.2) is 48.8 Å². The van der Waals surface area contributed by atoms with Gasteiger partial charge >= 0.3 is 6.03 Å². The highest BCUT2D eigenvalue weighted by molar-refractivity contribution is 7.19. The topological polar surface area (TPSA) is 104 Å². The molecule has 2 fully saturated rings. The van der Waals surface area contributed by atoms with E-state index < -0.39 is 0 Å². The van der Waals surface area contributed by atoms with Crippen molar-refractivity contribution < 1.29 is 9.53 Å². The molecule has 0 atom stereocenters. The third-order valence-electron chi connectivity index (χ3n) is 6.41. The molecule has 0 saturated carbocycles. The standard InChI is InChI=1S/C25H20N6O2S/c1-15-19-10-18(5-6-20(19)28-14-27-15)22-21(17-4-2-3-16(9-17)11-26)29-23(34-22)30-24(32)31-12-25(13-31)7-8-33-25/h2-6,9-10,14H,7-8,12-13H2,1H3,(H,29,30,32). The first-order valence-electron chi connectivity index (χ1n) is 11.0. The van der Waals surface area contributed by atoms with E-state index in [1.54, 1.807) is 17.3 Å². The molecule has 4 aromatic rings. The number of aromatic nitrogens is 3. The number of aryl methyl sites for hydroxylation is 1. The van der Waals surface area contributed by atoms with Gasteiger partial charge in [0, 0.05) is 23.1 Å². The summed E-state index contributed by atoms with van der Waals surface area (Å²) in [5.41, 5.74) is 4.67. The molecule has 34 heavy (non-hydrogen) atoms. The number of carbonyl (C=O) groups is 1. The largest absolute Gasteiger partial charge is 0.371 e. The van der Waals surface area contributed by atoms with Gasteiger partial charge in [0.1, 0.15) is 11.9 Å². The molecule has 1 N–H and O–H groups in total. The second kappa shape index (κ2) is 7.87. The first-order chi connectivity index (χ1) is 16.5. The number of benzene rings is 2. The molecule has 0 bridgehead atoms. The van der Waals surface area contributed by atoms with Crippen molar-refractivity contribution in [1.82, 2.24) is 19.9 Å². The van der Waals surface area contributed by atoms with Crippen LogP contribution < -0.4 is 5.32 Å². The minimum atomic E-state index is -0.179. The predicted molar refractivity (Wildman–Crippen MR) is 129 cm³/mol. The summed E-state index contributed by atoms with van der Waals surface area (Å²) in [6.07, 6.45) is 2.56. The lowest BCUT2D eigenvalue weighted by molar-refractivity contribution is -0.207. The zero-order valence-electron chi connectivity index (χ0n) is 18.4. The lowest BCUT2D eigenvalue weighted by Gasteiger charge is -2.54. The lowest BCUT2D eigenvalue weighted by atomic mass is 9.87. The fraction of sp³-hybridized carbons (Fsp3) is 0.240. The van der Waals surface area contributed by atoms with E-state index in [0.29, 0.717) is 29.5 Å². The van der Waals surface area contributed by atoms with Crippen LogP contribution in [0.3, 0.4) is 0 Å². The highest BCUT2D eigenvalue weighted by Crippen LogP contribution is 2.41. The third-order valence-corrected chi connectivity index (χ3v) is 7.43. The Kier molecular flexibility index (Phi) is 4.79. The molecule has 0 unspecified atom stereocenters. The molecular weight excluding hydrogens is 448 g/mol. The molecule has 2 aliphatic rings. The van der Waals surface area contributed by atoms with Crippen LogP contribution in [0.2, 0.25) is 0 Å². The highest BCUT2D eigenvalue weighted by Gasteiger charge is 2.51. The van der Waals surface area contributed by atoms with Gasteiger partial charge in [0.05, 0.1) is 47.4 Å². The van der Waals surface area contributed by atoms with E-state index in [4.69, 9.17) is 9.72 Å². The molecule has 1 spiro atoms. The minimum Gasteiger partial charge on any atom is -0.371 e. The molecule has 9 heteroatoms. The normalized spacial score (nSPS) is 16.1. The zero-order chi connectivity index (χ0) is 23.3. The minimum absolute atomic E-state index is 0.126. The summed E-state index contributed by atoms with van der Waals surface area (Å²) in [6.45, 7) is 3.94. The molecule has 2 saturated heterocycles. The Labute approximate surface area is 199 Å². The molecule has 168 valence electrons. The lowest BCUT2D eigenvalue weighted by Crippen LogP contribution is -2.69. The van der Waals surface area contributed by atoms with E-state index in [-0.39, 0.29) is 11.6 Å². The van der Waals surface area contributed by atoms with Crippen LogP contribution in [0.4, 0.5) is 9.93 Å². The molecule has 2 aliphatic heterocycles. The predicted octanol–water partition coefficient (Wildman–Crippen LogP) is 4.61. The van der Waals surface area contributed by atoms with Gasteiger partial charge in [-0.25, -0.2) is 19.7 Å². The molecule has 2 aromatic carbocycles. The number of fused-ring (bicyclic) bond motifs is 1. The SMILES string of the molecule is Cc1ncnc2ccc(-c3sc(NC(=O)N4CC5(CCO5)C4)nc3-c3cccc(C#N)c3)cc12. The van der Waals surface area contributed by atoms with Gasteiger partial charge in [-0.1, -0.05) is 29.5 Å². The molecular formula is C25H20N6O2S. The van der Waals surface area contributed by atoms with Crippen molar-refractivity contribution in [2.45, 2.75) is 18.9 Å². The van der Waals surface area contributed by atoms with E-state index in [2.05, 4.69) is 27.4 Å². The average molecular weight is 469 g/mol. The summed E-state index contributed by atoms with van der Waals surface area (Å²) in [5, 5.41) is 13.8. The Morgan fingerprint density at radius 3 is 2.82 bits per heavy atom. The van der Waals surface area contributed by atoms with E-state index in [9.17, 15) is 10.1 Å². The van der Waals surface area contributed by atoms with Crippen LogP contribution in [0.5, 0.6) is 0 Å². The van der Waals surface area contributed by atoms with Crippen molar-refractivity contribution >= 4 is 33.4 Å². The number of hydrogen-bond acceptors (Lipinski definition) is 7. The van der Waals surface area contributed by atoms with Crippen LogP contribution >= 0.6 is 11.3 Å². The molecule has 6 rings (SSSR count). The van der Waals surface area contributed by atoms with Crippen molar-refractivity contribution in [3.8, 4) is 27.8 Å². The Bertz CT molecular complexity index is 1480. The monoisotopic (exact) mass is 468 g/mol. The molecule has 4 heterocycles. The maximum absolute atomic E-state index is 12.8. The van der Waals surface area contributed by atoms with Crippen molar-refractivity contribution in [3.63, 3.8) is 0 Å². The number of carbonyl (C=O) groups excluding carboxylic acids is 1. The summed E-state index contributed by atoms with van der Waals surface area (Å²) < 4.78 is 5.62. The quantitative estimate of drug-likeness (QED) is 0.471. The number of thiazole rings is 1. The molecule has 8 nitrogen and oxygen atoms in total. The van der Waals surface area contributed by atoms with Gasteiger partial charge in [-0.05, 0) is 36.8 Å². The van der Waals surface area contributed by atoms with Crippen molar-refractivity contribution in [2.75, 3.05) is 25.0 Å². The first kappa shape index (κ1) is 20.7. The number of likely N-dealkylation sites (tertiary alicyclic amines) is 1. The first-order valence-corrected chi connectivity index (χ1v) is 11.8. The maximum Gasteiger partial charge on any atom is 0.323 e. The van der Waals surface area contributed by atoms with E-state index >= 15 is 0 Å². The third kappa shape index (κ3) is 3.48. The van der Waals surface area contributed by atoms with E-state index in [1.165, 1.54) is 11.3 Å². The fourth-order valence-corrected chi connectivity index (χ4v) is 5.41. The Morgan fingerprint density at radius 1 is 1.21 bits per heavy atom. The number of nitriles is 1. The summed E-state index contributed by atoms with van der Waals surface area (Å²) >= 11 is 1.41. The summed E-state index contributed by atoms with van der Waals surface area (Å²) in [6, 6.07) is 15.4. The summed E-state index contributed by atoms with van der Waals surface area (Å²) in [5.74, 6) is 0. The summed E-state index contributed by atoms with van der Waals surface area (Å²) in [7, 11) is 0. The molecule has 0 aliphatic carbocycles. The smallest absolute Gasteiger partial charge is 0.323 e. The highest BCUT2D eigenvalue weighted by atomic mass is 32.1. The maximum atomic E-state index is 12.8. The van der Waals surface area contributed by atoms with Crippen LogP contribution in [0.1, 0.15) is 17.7 Å². The Balaban J connectivity index is 1.38. The number of amides is 2. The van der Waals surface area contributed by atoms with Crippen LogP contribution in [0, 0.1) is 18.3 Å². The van der Waals surface area contributed by atoms with Gasteiger partial charge in [-0.2, -0.15) is 5.26 Å². The van der Waals surface area contributed by atoms with Gasteiger partial charge in [0.15, 0.2) is 5.13 Å². The molecule has 2 amide bonds. The average Bonchev–Trinajstić information content (AvgIpc) is 3.21. The number of ether oxygens (including phenoxy) is 1. The van der Waals surface area contributed by atoms with E-state index in [0.717, 1.165) is 45.6 Å². The second-order valence-corrected chi connectivity index (χ2v) is 9.65. The van der Waals surface area contributed by atoms with Crippen LogP contribution in [0.25, 0.3) is 32.6 Å². The molecule has 2 aromatic heterocycles. The van der Waals surface area contributed by atoms with E-state index in [1.807, 2.05) is 37.3 Å². The van der Waals surface area contributed by atoms with Crippen molar-refractivity contribution in [2.24, 2.45) is 0 Å². The van der Waals surface area contributed by atoms with Gasteiger partial charge in [0.25, 0.3) is 0 Å². The summed E-state index contributed by atoms with van der Waals surface area (Å²) in [4.78, 5) is 28.9. The number of nitrogens with zero attached hydrogens (tertiary/aromatic N) is 5. The van der Waals surface area contributed by atoms with Gasteiger partial charge in [0.2, 0.25) is 0 Å². The van der Waals surface area contributed by atoms with Crippen molar-refractivity contribution in [1.29, 1.82) is 5.26 Å². The van der Waals surface area contributed by atoms with Gasteiger partial charge < -0.3 is 9.64 Å². The number of hydrogen-bond donors (Lipinski definition) is 1. The van der Waals surface area contributed by atoms with Crippen molar-refractivity contribution in [3.05, 3.63) is 60.0 Å². The fourth-order valence-electron chi connectivity index (χ4n) is 4.43. The Hall–Kier alpha value is -3.87.